The number of nitrogens with two attached hydrogens (primary N) is 1. The number of ether oxygens (including phenoxy) is 1. The number of hydrogen-bond donors (Lipinski definition) is 1. The molecule has 0 aliphatic heterocycles. The van der Waals surface area contributed by atoms with Gasteiger partial charge in [-0.15, -0.1) is 0 Å². The lowest BCUT2D eigenvalue weighted by Crippen LogP contribution is -2.21. The second kappa shape index (κ2) is 6.86. The Bertz CT molecular complexity index is 623. The molecule has 20 heavy (non-hydrogen) atoms. The zero-order chi connectivity index (χ0) is 14.4. The number of aryl methyl sites for hydroxylation is 1. The molecule has 0 unspecified atom stereocenters. The van der Waals surface area contributed by atoms with Gasteiger partial charge in [0.05, 0.1) is 12.2 Å². The lowest BCUT2D eigenvalue weighted by molar-refractivity contribution is 0.292. The van der Waals surface area contributed by atoms with Crippen LogP contribution >= 0.6 is 0 Å². The molecule has 0 atom stereocenters. The van der Waals surface area contributed by atoms with Gasteiger partial charge in [0.25, 0.3) is 5.56 Å². The first kappa shape index (κ1) is 14.3. The molecular weight excluding hydrogens is 254 g/mol. The highest BCUT2D eigenvalue weighted by atomic mass is 16.5. The van der Waals surface area contributed by atoms with Crippen LogP contribution in [0.15, 0.2) is 41.3 Å². The molecule has 0 aliphatic carbocycles. The summed E-state index contributed by atoms with van der Waals surface area (Å²) in [6.45, 7) is 3.40. The van der Waals surface area contributed by atoms with E-state index in [1.54, 1.807) is 16.8 Å². The number of rotatable bonds is 6. The van der Waals surface area contributed by atoms with Crippen molar-refractivity contribution in [2.24, 2.45) is 5.73 Å². The Kier molecular flexibility index (Phi) is 4.90. The van der Waals surface area contributed by atoms with Gasteiger partial charge in [-0.05, 0) is 31.7 Å². The van der Waals surface area contributed by atoms with Gasteiger partial charge in [-0.3, -0.25) is 9.78 Å². The molecule has 0 bridgehead atoms. The zero-order valence-electron chi connectivity index (χ0n) is 11.6. The highest BCUT2D eigenvalue weighted by Gasteiger charge is 2.05. The van der Waals surface area contributed by atoms with Gasteiger partial charge in [-0.1, -0.05) is 6.07 Å². The van der Waals surface area contributed by atoms with Crippen molar-refractivity contribution in [1.82, 2.24) is 9.55 Å². The Morgan fingerprint density at radius 3 is 2.90 bits per heavy atom. The van der Waals surface area contributed by atoms with Crippen LogP contribution in [0.5, 0.6) is 5.75 Å². The molecule has 2 aromatic heterocycles. The summed E-state index contributed by atoms with van der Waals surface area (Å²) in [5.74, 6) is 0.741. The molecule has 0 saturated heterocycles. The molecule has 0 spiro atoms. The van der Waals surface area contributed by atoms with Gasteiger partial charge in [0, 0.05) is 24.4 Å². The third kappa shape index (κ3) is 3.68. The van der Waals surface area contributed by atoms with Gasteiger partial charge in [-0.25, -0.2) is 0 Å². The van der Waals surface area contributed by atoms with E-state index in [2.05, 4.69) is 4.98 Å². The van der Waals surface area contributed by atoms with Crippen LogP contribution in [0.3, 0.4) is 0 Å². The second-order valence-electron chi connectivity index (χ2n) is 4.52. The summed E-state index contributed by atoms with van der Waals surface area (Å²) in [6, 6.07) is 8.90. The molecule has 0 fully saturated rings. The van der Waals surface area contributed by atoms with Gasteiger partial charge in [-0.2, -0.15) is 0 Å². The monoisotopic (exact) mass is 273 g/mol. The summed E-state index contributed by atoms with van der Waals surface area (Å²) in [4.78, 5) is 16.0. The predicted octanol–water partition coefficient (Wildman–Crippen LogP) is 1.13. The van der Waals surface area contributed by atoms with E-state index in [1.165, 1.54) is 6.07 Å². The number of aromatic nitrogens is 2. The van der Waals surface area contributed by atoms with E-state index in [-0.39, 0.29) is 5.56 Å². The van der Waals surface area contributed by atoms with Crippen molar-refractivity contribution in [1.29, 1.82) is 0 Å². The Hall–Kier alpha value is -2.14. The first-order valence-corrected chi connectivity index (χ1v) is 6.65. The van der Waals surface area contributed by atoms with Crippen LogP contribution in [-0.2, 0) is 13.0 Å². The van der Waals surface area contributed by atoms with Crippen molar-refractivity contribution in [3.8, 4) is 5.75 Å². The fourth-order valence-electron chi connectivity index (χ4n) is 1.94. The minimum Gasteiger partial charge on any atom is -0.490 e. The fourth-order valence-corrected chi connectivity index (χ4v) is 1.94. The Balaban J connectivity index is 2.01. The van der Waals surface area contributed by atoms with Crippen LogP contribution in [0.2, 0.25) is 0 Å². The second-order valence-corrected chi connectivity index (χ2v) is 4.52. The van der Waals surface area contributed by atoms with Crippen molar-refractivity contribution in [3.63, 3.8) is 0 Å². The van der Waals surface area contributed by atoms with Crippen LogP contribution in [0.4, 0.5) is 0 Å². The van der Waals surface area contributed by atoms with Crippen LogP contribution in [0.25, 0.3) is 0 Å². The van der Waals surface area contributed by atoms with Crippen molar-refractivity contribution < 1.29 is 4.74 Å². The maximum atomic E-state index is 11.6. The summed E-state index contributed by atoms with van der Waals surface area (Å²) in [7, 11) is 0. The average molecular weight is 273 g/mol. The van der Waals surface area contributed by atoms with Gasteiger partial charge >= 0.3 is 0 Å². The van der Waals surface area contributed by atoms with Crippen LogP contribution in [0.1, 0.15) is 11.4 Å². The highest BCUT2D eigenvalue weighted by Crippen LogP contribution is 2.17. The van der Waals surface area contributed by atoms with Crippen LogP contribution < -0.4 is 16.0 Å². The molecular formula is C15H19N3O2. The van der Waals surface area contributed by atoms with E-state index in [4.69, 9.17) is 10.5 Å². The molecule has 0 radical (unpaired) electrons. The Morgan fingerprint density at radius 1 is 1.30 bits per heavy atom. The third-order valence-corrected chi connectivity index (χ3v) is 2.94. The van der Waals surface area contributed by atoms with E-state index >= 15 is 0 Å². The Morgan fingerprint density at radius 2 is 2.15 bits per heavy atom. The van der Waals surface area contributed by atoms with Crippen molar-refractivity contribution >= 4 is 0 Å². The minimum absolute atomic E-state index is 0.0275. The van der Waals surface area contributed by atoms with E-state index in [1.807, 2.05) is 25.1 Å². The Labute approximate surface area is 118 Å². The molecule has 2 rings (SSSR count). The maximum absolute atomic E-state index is 11.6. The summed E-state index contributed by atoms with van der Waals surface area (Å²) in [5, 5.41) is 0. The smallest absolute Gasteiger partial charge is 0.250 e. The van der Waals surface area contributed by atoms with E-state index in [0.29, 0.717) is 26.1 Å². The summed E-state index contributed by atoms with van der Waals surface area (Å²) in [5.41, 5.74) is 7.36. The molecule has 5 heteroatoms. The van der Waals surface area contributed by atoms with Crippen molar-refractivity contribution in [2.75, 3.05) is 13.2 Å². The molecule has 0 aliphatic rings. The standard InChI is InChI=1S/C15H19N3O2/c1-12-5-6-14(13(17-12)7-8-16)20-11-10-18-9-3-2-4-15(18)19/h2-6,9H,7-8,10-11,16H2,1H3. The number of pyridine rings is 2. The molecule has 5 nitrogen and oxygen atoms in total. The quantitative estimate of drug-likeness (QED) is 0.856. The topological polar surface area (TPSA) is 70.1 Å². The number of hydrogen-bond acceptors (Lipinski definition) is 4. The van der Waals surface area contributed by atoms with E-state index in [0.717, 1.165) is 17.1 Å². The highest BCUT2D eigenvalue weighted by molar-refractivity contribution is 5.29. The van der Waals surface area contributed by atoms with Gasteiger partial charge in [0.1, 0.15) is 12.4 Å². The fraction of sp³-hybridized carbons (Fsp3) is 0.333. The predicted molar refractivity (Wildman–Crippen MR) is 77.9 cm³/mol. The molecule has 0 aromatic carbocycles. The van der Waals surface area contributed by atoms with Gasteiger partial charge in [0.2, 0.25) is 0 Å². The van der Waals surface area contributed by atoms with Crippen molar-refractivity contribution in [2.45, 2.75) is 19.9 Å². The van der Waals surface area contributed by atoms with Crippen LogP contribution in [0, 0.1) is 6.92 Å². The molecule has 0 amide bonds. The molecule has 2 aromatic rings. The average Bonchev–Trinajstić information content (AvgIpc) is 2.43. The largest absolute Gasteiger partial charge is 0.490 e. The van der Waals surface area contributed by atoms with E-state index < -0.39 is 0 Å². The lowest BCUT2D eigenvalue weighted by atomic mass is 10.2. The molecule has 2 N–H and O–H groups in total. The first-order chi connectivity index (χ1) is 9.70. The van der Waals surface area contributed by atoms with Gasteiger partial charge < -0.3 is 15.0 Å². The molecule has 0 saturated carbocycles. The minimum atomic E-state index is -0.0275. The van der Waals surface area contributed by atoms with Crippen molar-refractivity contribution in [3.05, 3.63) is 58.3 Å². The van der Waals surface area contributed by atoms with Gasteiger partial charge in [0.15, 0.2) is 0 Å². The summed E-state index contributed by atoms with van der Waals surface area (Å²) < 4.78 is 7.34. The zero-order valence-corrected chi connectivity index (χ0v) is 11.6. The molecule has 106 valence electrons. The summed E-state index contributed by atoms with van der Waals surface area (Å²) in [6.07, 6.45) is 2.43. The normalized spacial score (nSPS) is 10.5. The number of nitrogens with zero attached hydrogens (tertiary/aromatic N) is 2. The summed E-state index contributed by atoms with van der Waals surface area (Å²) >= 11 is 0. The van der Waals surface area contributed by atoms with E-state index in [9.17, 15) is 4.79 Å². The first-order valence-electron chi connectivity index (χ1n) is 6.65. The third-order valence-electron chi connectivity index (χ3n) is 2.94. The SMILES string of the molecule is Cc1ccc(OCCn2ccccc2=O)c(CCN)n1. The van der Waals surface area contributed by atoms with Crippen LogP contribution in [-0.4, -0.2) is 22.7 Å². The maximum Gasteiger partial charge on any atom is 0.250 e. The lowest BCUT2D eigenvalue weighted by Gasteiger charge is -2.11. The molecule has 2 heterocycles.